The average molecular weight is 348 g/mol. The number of benzene rings is 1. The van der Waals surface area contributed by atoms with Crippen molar-refractivity contribution in [2.75, 3.05) is 18.9 Å². The van der Waals surface area contributed by atoms with E-state index in [0.29, 0.717) is 5.03 Å². The highest BCUT2D eigenvalue weighted by atomic mass is 32.2. The minimum Gasteiger partial charge on any atom is -0.463 e. The lowest BCUT2D eigenvalue weighted by Crippen LogP contribution is -2.38. The molecule has 1 aromatic rings. The van der Waals surface area contributed by atoms with Crippen molar-refractivity contribution >= 4 is 29.5 Å². The second-order valence-corrected chi connectivity index (χ2v) is 6.20. The van der Waals surface area contributed by atoms with Gasteiger partial charge < -0.3 is 10.1 Å². The van der Waals surface area contributed by atoms with Crippen LogP contribution in [0.1, 0.15) is 25.5 Å². The SMILES string of the molecule is CCOC(=O)/C=C1\SCC(=O)N1CC(=O)N[C@@H](C)c1ccccc1. The third-order valence-corrected chi connectivity index (χ3v) is 4.44. The zero-order valence-corrected chi connectivity index (χ0v) is 14.5. The van der Waals surface area contributed by atoms with E-state index in [-0.39, 0.29) is 36.8 Å². The molecule has 7 heteroatoms. The normalized spacial score (nSPS) is 17.0. The number of rotatable bonds is 6. The number of esters is 1. The molecule has 6 nitrogen and oxygen atoms in total. The minimum atomic E-state index is -0.516. The first-order chi connectivity index (χ1) is 11.5. The van der Waals surface area contributed by atoms with E-state index in [1.165, 1.54) is 22.7 Å². The van der Waals surface area contributed by atoms with Crippen LogP contribution in [0.2, 0.25) is 0 Å². The van der Waals surface area contributed by atoms with Gasteiger partial charge in [-0.3, -0.25) is 14.5 Å². The Kier molecular flexibility index (Phi) is 6.43. The predicted octanol–water partition coefficient (Wildman–Crippen LogP) is 1.84. The molecule has 1 N–H and O–H groups in total. The number of thioether (sulfide) groups is 1. The van der Waals surface area contributed by atoms with Crippen molar-refractivity contribution < 1.29 is 19.1 Å². The molecule has 0 spiro atoms. The maximum atomic E-state index is 12.2. The fourth-order valence-corrected chi connectivity index (χ4v) is 3.17. The first-order valence-electron chi connectivity index (χ1n) is 7.67. The summed E-state index contributed by atoms with van der Waals surface area (Å²) in [5.41, 5.74) is 0.982. The number of hydrogen-bond acceptors (Lipinski definition) is 5. The summed E-state index contributed by atoms with van der Waals surface area (Å²) in [6.07, 6.45) is 1.26. The lowest BCUT2D eigenvalue weighted by molar-refractivity contribution is -0.137. The van der Waals surface area contributed by atoms with Gasteiger partial charge in [-0.05, 0) is 19.4 Å². The van der Waals surface area contributed by atoms with E-state index in [1.807, 2.05) is 37.3 Å². The first-order valence-corrected chi connectivity index (χ1v) is 8.65. The molecular formula is C17H20N2O4S. The molecule has 0 unspecified atom stereocenters. The van der Waals surface area contributed by atoms with Crippen molar-refractivity contribution in [1.29, 1.82) is 0 Å². The van der Waals surface area contributed by atoms with E-state index in [4.69, 9.17) is 4.74 Å². The summed E-state index contributed by atoms with van der Waals surface area (Å²) in [6.45, 7) is 3.73. The van der Waals surface area contributed by atoms with Crippen LogP contribution in [0.5, 0.6) is 0 Å². The molecule has 2 rings (SSSR count). The fourth-order valence-electron chi connectivity index (χ4n) is 2.24. The number of amides is 2. The van der Waals surface area contributed by atoms with Gasteiger partial charge in [0.1, 0.15) is 6.54 Å². The van der Waals surface area contributed by atoms with Gasteiger partial charge in [-0.25, -0.2) is 4.79 Å². The Hall–Kier alpha value is -2.28. The van der Waals surface area contributed by atoms with Crippen LogP contribution in [0.3, 0.4) is 0 Å². The summed E-state index contributed by atoms with van der Waals surface area (Å²) in [5.74, 6) is -0.778. The van der Waals surface area contributed by atoms with E-state index in [9.17, 15) is 14.4 Å². The first kappa shape index (κ1) is 18.1. The lowest BCUT2D eigenvalue weighted by Gasteiger charge is -2.19. The molecule has 1 saturated heterocycles. The number of nitrogens with one attached hydrogen (secondary N) is 1. The highest BCUT2D eigenvalue weighted by Gasteiger charge is 2.29. The molecule has 24 heavy (non-hydrogen) atoms. The summed E-state index contributed by atoms with van der Waals surface area (Å²) < 4.78 is 4.85. The number of nitrogens with zero attached hydrogens (tertiary/aromatic N) is 1. The Bertz CT molecular complexity index is 645. The molecule has 1 aliphatic heterocycles. The van der Waals surface area contributed by atoms with E-state index < -0.39 is 5.97 Å². The van der Waals surface area contributed by atoms with Gasteiger partial charge in [0.2, 0.25) is 11.8 Å². The maximum absolute atomic E-state index is 12.2. The third kappa shape index (κ3) is 4.86. The average Bonchev–Trinajstić information content (AvgIpc) is 2.89. The van der Waals surface area contributed by atoms with E-state index in [1.54, 1.807) is 6.92 Å². The highest BCUT2D eigenvalue weighted by molar-refractivity contribution is 8.04. The Balaban J connectivity index is 1.98. The van der Waals surface area contributed by atoms with Crippen LogP contribution in [0.25, 0.3) is 0 Å². The van der Waals surface area contributed by atoms with Gasteiger partial charge in [0, 0.05) is 0 Å². The third-order valence-electron chi connectivity index (χ3n) is 3.42. The van der Waals surface area contributed by atoms with Crippen LogP contribution in [-0.4, -0.2) is 41.6 Å². The molecular weight excluding hydrogens is 328 g/mol. The van der Waals surface area contributed by atoms with Crippen molar-refractivity contribution in [2.45, 2.75) is 19.9 Å². The van der Waals surface area contributed by atoms with Crippen LogP contribution >= 0.6 is 11.8 Å². The lowest BCUT2D eigenvalue weighted by atomic mass is 10.1. The summed E-state index contributed by atoms with van der Waals surface area (Å²) in [6, 6.07) is 9.39. The number of carbonyl (C=O) groups is 3. The Morgan fingerprint density at radius 1 is 1.38 bits per heavy atom. The topological polar surface area (TPSA) is 75.7 Å². The number of hydrogen-bond donors (Lipinski definition) is 1. The minimum absolute atomic E-state index is 0.117. The Morgan fingerprint density at radius 2 is 2.08 bits per heavy atom. The molecule has 0 radical (unpaired) electrons. The standard InChI is InChI=1S/C17H20N2O4S/c1-3-23-17(22)9-16-19(15(21)11-24-16)10-14(20)18-12(2)13-7-5-4-6-8-13/h4-9,12H,3,10-11H2,1-2H3,(H,18,20)/b16-9-/t12-/m0/s1. The summed E-state index contributed by atoms with van der Waals surface area (Å²) in [4.78, 5) is 37.0. The van der Waals surface area contributed by atoms with Crippen molar-refractivity contribution in [3.8, 4) is 0 Å². The Morgan fingerprint density at radius 3 is 2.75 bits per heavy atom. The zero-order chi connectivity index (χ0) is 17.5. The number of carbonyl (C=O) groups excluding carboxylic acids is 3. The second-order valence-electron chi connectivity index (χ2n) is 5.20. The van der Waals surface area contributed by atoms with Crippen molar-refractivity contribution in [3.05, 3.63) is 47.0 Å². The molecule has 0 saturated carbocycles. The smallest absolute Gasteiger partial charge is 0.333 e. The van der Waals surface area contributed by atoms with Crippen LogP contribution in [0.4, 0.5) is 0 Å². The van der Waals surface area contributed by atoms with E-state index >= 15 is 0 Å². The van der Waals surface area contributed by atoms with Gasteiger partial charge in [0.05, 0.1) is 29.5 Å². The molecule has 1 fully saturated rings. The van der Waals surface area contributed by atoms with Crippen molar-refractivity contribution in [2.24, 2.45) is 0 Å². The van der Waals surface area contributed by atoms with Gasteiger partial charge >= 0.3 is 5.97 Å². The summed E-state index contributed by atoms with van der Waals surface area (Å²) in [5, 5.41) is 3.30. The number of ether oxygens (including phenoxy) is 1. The molecule has 1 aliphatic rings. The molecule has 128 valence electrons. The van der Waals surface area contributed by atoms with Gasteiger partial charge in [0.15, 0.2) is 0 Å². The van der Waals surface area contributed by atoms with Gasteiger partial charge in [-0.2, -0.15) is 0 Å². The zero-order valence-electron chi connectivity index (χ0n) is 13.7. The van der Waals surface area contributed by atoms with E-state index in [0.717, 1.165) is 5.56 Å². The van der Waals surface area contributed by atoms with Crippen LogP contribution < -0.4 is 5.32 Å². The van der Waals surface area contributed by atoms with Crippen LogP contribution in [-0.2, 0) is 19.1 Å². The molecule has 2 amide bonds. The summed E-state index contributed by atoms with van der Waals surface area (Å²) in [7, 11) is 0. The highest BCUT2D eigenvalue weighted by Crippen LogP contribution is 2.28. The molecule has 1 atom stereocenters. The van der Waals surface area contributed by atoms with Gasteiger partial charge in [-0.1, -0.05) is 42.1 Å². The molecule has 0 aliphatic carbocycles. The monoisotopic (exact) mass is 348 g/mol. The quantitative estimate of drug-likeness (QED) is 0.627. The molecule has 0 aromatic heterocycles. The fraction of sp³-hybridized carbons (Fsp3) is 0.353. The van der Waals surface area contributed by atoms with E-state index in [2.05, 4.69) is 5.32 Å². The van der Waals surface area contributed by atoms with Crippen LogP contribution in [0.15, 0.2) is 41.4 Å². The van der Waals surface area contributed by atoms with Crippen molar-refractivity contribution in [1.82, 2.24) is 10.2 Å². The summed E-state index contributed by atoms with van der Waals surface area (Å²) >= 11 is 1.23. The van der Waals surface area contributed by atoms with Crippen LogP contribution in [0, 0.1) is 0 Å². The Labute approximate surface area is 145 Å². The largest absolute Gasteiger partial charge is 0.463 e. The van der Waals surface area contributed by atoms with Crippen molar-refractivity contribution in [3.63, 3.8) is 0 Å². The predicted molar refractivity (Wildman–Crippen MR) is 91.9 cm³/mol. The maximum Gasteiger partial charge on any atom is 0.333 e. The molecule has 1 aromatic carbocycles. The molecule has 1 heterocycles. The second kappa shape index (κ2) is 8.54. The van der Waals surface area contributed by atoms with Gasteiger partial charge in [-0.15, -0.1) is 0 Å². The molecule has 0 bridgehead atoms. The van der Waals surface area contributed by atoms with Gasteiger partial charge in [0.25, 0.3) is 0 Å².